The van der Waals surface area contributed by atoms with Crippen LogP contribution in [0.25, 0.3) is 10.2 Å². The van der Waals surface area contributed by atoms with Gasteiger partial charge in [0.25, 0.3) is 5.91 Å². The van der Waals surface area contributed by atoms with Crippen molar-refractivity contribution in [3.63, 3.8) is 0 Å². The second-order valence-corrected chi connectivity index (χ2v) is 7.46. The van der Waals surface area contributed by atoms with Crippen LogP contribution in [0.5, 0.6) is 0 Å². The fourth-order valence-electron chi connectivity index (χ4n) is 2.93. The Morgan fingerprint density at radius 1 is 1.19 bits per heavy atom. The number of carbonyl (C=O) groups is 1. The Morgan fingerprint density at radius 2 is 1.96 bits per heavy atom. The van der Waals surface area contributed by atoms with Gasteiger partial charge in [0, 0.05) is 25.2 Å². The Balaban J connectivity index is 1.47. The molecule has 134 valence electrons. The zero-order valence-electron chi connectivity index (χ0n) is 14.7. The number of morpholine rings is 1. The second-order valence-electron chi connectivity index (χ2n) is 6.45. The highest BCUT2D eigenvalue weighted by Crippen LogP contribution is 2.30. The first-order chi connectivity index (χ1) is 12.7. The van der Waals surface area contributed by atoms with Crippen LogP contribution in [-0.4, -0.2) is 37.2 Å². The molecule has 0 bridgehead atoms. The number of hydrogen-bond acceptors (Lipinski definition) is 5. The highest BCUT2D eigenvalue weighted by Gasteiger charge is 2.16. The number of aromatic nitrogens is 1. The number of hydrogen-bond donors (Lipinski definition) is 1. The van der Waals surface area contributed by atoms with Crippen LogP contribution in [0, 0.1) is 6.92 Å². The van der Waals surface area contributed by atoms with Gasteiger partial charge in [0.15, 0.2) is 5.13 Å². The number of ether oxygens (including phenoxy) is 1. The smallest absolute Gasteiger partial charge is 0.251 e. The lowest BCUT2D eigenvalue weighted by molar-refractivity contribution is 0.0951. The molecule has 1 aliphatic heterocycles. The minimum Gasteiger partial charge on any atom is -0.378 e. The average Bonchev–Trinajstić information content (AvgIpc) is 3.11. The van der Waals surface area contributed by atoms with Crippen molar-refractivity contribution in [3.05, 3.63) is 59.2 Å². The van der Waals surface area contributed by atoms with Gasteiger partial charge in [-0.3, -0.25) is 4.79 Å². The number of benzene rings is 2. The Labute approximate surface area is 156 Å². The highest BCUT2D eigenvalue weighted by molar-refractivity contribution is 7.22. The SMILES string of the molecule is Cc1ccc(CNC(=O)c2ccc3nc(N4CCOCC4)sc3c2)cc1. The van der Waals surface area contributed by atoms with Gasteiger partial charge in [-0.25, -0.2) is 4.98 Å². The van der Waals surface area contributed by atoms with Gasteiger partial charge in [-0.2, -0.15) is 0 Å². The molecule has 0 saturated carbocycles. The Hall–Kier alpha value is -2.44. The van der Waals surface area contributed by atoms with E-state index in [1.807, 2.05) is 30.3 Å². The molecule has 1 aliphatic rings. The number of aryl methyl sites for hydroxylation is 1. The van der Waals surface area contributed by atoms with Gasteiger partial charge in [0.2, 0.25) is 0 Å². The molecule has 0 spiro atoms. The predicted molar refractivity (Wildman–Crippen MR) is 105 cm³/mol. The first kappa shape index (κ1) is 17.0. The van der Waals surface area contributed by atoms with Crippen molar-refractivity contribution in [2.24, 2.45) is 0 Å². The molecular formula is C20H21N3O2S. The number of carbonyl (C=O) groups excluding carboxylic acids is 1. The van der Waals surface area contributed by atoms with Crippen molar-refractivity contribution in [1.29, 1.82) is 0 Å². The van der Waals surface area contributed by atoms with Crippen molar-refractivity contribution in [2.45, 2.75) is 13.5 Å². The van der Waals surface area contributed by atoms with Gasteiger partial charge in [-0.15, -0.1) is 0 Å². The van der Waals surface area contributed by atoms with Crippen LogP contribution >= 0.6 is 11.3 Å². The molecule has 6 heteroatoms. The minimum absolute atomic E-state index is 0.0613. The third-order valence-electron chi connectivity index (χ3n) is 4.49. The van der Waals surface area contributed by atoms with Gasteiger partial charge < -0.3 is 15.0 Å². The summed E-state index contributed by atoms with van der Waals surface area (Å²) in [6.45, 7) is 5.79. The summed E-state index contributed by atoms with van der Waals surface area (Å²) in [5.74, 6) is -0.0613. The van der Waals surface area contributed by atoms with E-state index in [0.717, 1.165) is 47.2 Å². The van der Waals surface area contributed by atoms with Crippen LogP contribution in [0.4, 0.5) is 5.13 Å². The topological polar surface area (TPSA) is 54.5 Å². The molecule has 0 aliphatic carbocycles. The van der Waals surface area contributed by atoms with Crippen LogP contribution in [0.2, 0.25) is 0 Å². The molecule has 0 atom stereocenters. The van der Waals surface area contributed by atoms with E-state index in [0.29, 0.717) is 12.1 Å². The maximum absolute atomic E-state index is 12.5. The molecule has 4 rings (SSSR count). The van der Waals surface area contributed by atoms with Crippen molar-refractivity contribution in [3.8, 4) is 0 Å². The summed E-state index contributed by atoms with van der Waals surface area (Å²) >= 11 is 1.63. The van der Waals surface area contributed by atoms with Gasteiger partial charge in [0.05, 0.1) is 23.4 Å². The molecule has 1 saturated heterocycles. The summed E-state index contributed by atoms with van der Waals surface area (Å²) in [4.78, 5) is 19.4. The number of fused-ring (bicyclic) bond motifs is 1. The summed E-state index contributed by atoms with van der Waals surface area (Å²) < 4.78 is 6.43. The molecule has 1 aromatic heterocycles. The van der Waals surface area contributed by atoms with Gasteiger partial charge in [0.1, 0.15) is 0 Å². The Morgan fingerprint density at radius 3 is 2.73 bits per heavy atom. The van der Waals surface area contributed by atoms with E-state index >= 15 is 0 Å². The average molecular weight is 367 g/mol. The van der Waals surface area contributed by atoms with E-state index in [9.17, 15) is 4.79 Å². The van der Waals surface area contributed by atoms with Gasteiger partial charge >= 0.3 is 0 Å². The molecule has 0 radical (unpaired) electrons. The molecule has 1 fully saturated rings. The third kappa shape index (κ3) is 3.71. The lowest BCUT2D eigenvalue weighted by atomic mass is 10.1. The molecular weight excluding hydrogens is 346 g/mol. The summed E-state index contributed by atoms with van der Waals surface area (Å²) in [5, 5.41) is 3.99. The third-order valence-corrected chi connectivity index (χ3v) is 5.57. The maximum atomic E-state index is 12.5. The van der Waals surface area contributed by atoms with Gasteiger partial charge in [-0.1, -0.05) is 41.2 Å². The molecule has 2 aromatic carbocycles. The van der Waals surface area contributed by atoms with E-state index in [2.05, 4.69) is 29.3 Å². The number of rotatable bonds is 4. The van der Waals surface area contributed by atoms with E-state index in [-0.39, 0.29) is 5.91 Å². The summed E-state index contributed by atoms with van der Waals surface area (Å²) in [5.41, 5.74) is 3.91. The predicted octanol–water partition coefficient (Wildman–Crippen LogP) is 3.37. The van der Waals surface area contributed by atoms with Gasteiger partial charge in [-0.05, 0) is 30.7 Å². The summed E-state index contributed by atoms with van der Waals surface area (Å²) in [6.07, 6.45) is 0. The fraction of sp³-hybridized carbons (Fsp3) is 0.300. The number of anilines is 1. The zero-order chi connectivity index (χ0) is 17.9. The van der Waals surface area contributed by atoms with Crippen molar-refractivity contribution >= 4 is 32.6 Å². The lowest BCUT2D eigenvalue weighted by Gasteiger charge is -2.25. The fourth-order valence-corrected chi connectivity index (χ4v) is 3.99. The summed E-state index contributed by atoms with van der Waals surface area (Å²) in [6, 6.07) is 13.9. The van der Waals surface area contributed by atoms with E-state index in [1.165, 1.54) is 5.56 Å². The van der Waals surface area contributed by atoms with E-state index in [4.69, 9.17) is 9.72 Å². The van der Waals surface area contributed by atoms with Crippen LogP contribution in [0.3, 0.4) is 0 Å². The molecule has 1 N–H and O–H groups in total. The van der Waals surface area contributed by atoms with E-state index < -0.39 is 0 Å². The maximum Gasteiger partial charge on any atom is 0.251 e. The number of thiazole rings is 1. The molecule has 5 nitrogen and oxygen atoms in total. The largest absolute Gasteiger partial charge is 0.378 e. The minimum atomic E-state index is -0.0613. The first-order valence-electron chi connectivity index (χ1n) is 8.76. The normalized spacial score (nSPS) is 14.6. The molecule has 26 heavy (non-hydrogen) atoms. The zero-order valence-corrected chi connectivity index (χ0v) is 15.5. The van der Waals surface area contributed by atoms with Crippen molar-refractivity contribution in [1.82, 2.24) is 10.3 Å². The second kappa shape index (κ2) is 7.43. The highest BCUT2D eigenvalue weighted by atomic mass is 32.1. The van der Waals surface area contributed by atoms with Crippen LogP contribution in [-0.2, 0) is 11.3 Å². The molecule has 1 amide bonds. The quantitative estimate of drug-likeness (QED) is 0.768. The molecule has 0 unspecified atom stereocenters. The van der Waals surface area contributed by atoms with Crippen molar-refractivity contribution < 1.29 is 9.53 Å². The number of nitrogens with one attached hydrogen (secondary N) is 1. The standard InChI is InChI=1S/C20H21N3O2S/c1-14-2-4-15(5-3-14)13-21-19(24)16-6-7-17-18(12-16)26-20(22-17)23-8-10-25-11-9-23/h2-7,12H,8-11,13H2,1H3,(H,21,24). The van der Waals surface area contributed by atoms with Crippen LogP contribution in [0.1, 0.15) is 21.5 Å². The number of nitrogens with zero attached hydrogens (tertiary/aromatic N) is 2. The summed E-state index contributed by atoms with van der Waals surface area (Å²) in [7, 11) is 0. The van der Waals surface area contributed by atoms with Crippen LogP contribution < -0.4 is 10.2 Å². The lowest BCUT2D eigenvalue weighted by Crippen LogP contribution is -2.36. The monoisotopic (exact) mass is 367 g/mol. The Bertz CT molecular complexity index is 914. The molecule has 3 aromatic rings. The molecule has 2 heterocycles. The number of amides is 1. The van der Waals surface area contributed by atoms with Crippen molar-refractivity contribution in [2.75, 3.05) is 31.2 Å². The Kier molecular flexibility index (Phi) is 4.86. The first-order valence-corrected chi connectivity index (χ1v) is 9.58. The van der Waals surface area contributed by atoms with E-state index in [1.54, 1.807) is 11.3 Å². The van der Waals surface area contributed by atoms with Crippen LogP contribution in [0.15, 0.2) is 42.5 Å².